The summed E-state index contributed by atoms with van der Waals surface area (Å²) in [4.78, 5) is 39.9. The lowest BCUT2D eigenvalue weighted by atomic mass is 9.88. The molecule has 0 aliphatic carbocycles. The van der Waals surface area contributed by atoms with Crippen LogP contribution in [0, 0.1) is 11.7 Å². The van der Waals surface area contributed by atoms with Gasteiger partial charge in [0.05, 0.1) is 27.7 Å². The van der Waals surface area contributed by atoms with Crippen LogP contribution in [0.25, 0.3) is 22.3 Å². The molecule has 11 heteroatoms. The highest BCUT2D eigenvalue weighted by molar-refractivity contribution is 6.34. The molecule has 1 aromatic carbocycles. The Morgan fingerprint density at radius 1 is 1.24 bits per heavy atom. The van der Waals surface area contributed by atoms with E-state index in [9.17, 15) is 9.59 Å². The molecular formula is C31H37ClFN7O2. The first kappa shape index (κ1) is 29.7. The summed E-state index contributed by atoms with van der Waals surface area (Å²) in [5, 5.41) is 4.26. The summed E-state index contributed by atoms with van der Waals surface area (Å²) in [5.74, 6) is -0.102. The second kappa shape index (κ2) is 11.5. The molecule has 0 bridgehead atoms. The van der Waals surface area contributed by atoms with Crippen LogP contribution in [0.4, 0.5) is 15.9 Å². The molecule has 3 N–H and O–H groups in total. The van der Waals surface area contributed by atoms with E-state index < -0.39 is 11.5 Å². The molecule has 5 rings (SSSR count). The van der Waals surface area contributed by atoms with Gasteiger partial charge in [-0.05, 0) is 51.0 Å². The molecule has 2 unspecified atom stereocenters. The van der Waals surface area contributed by atoms with Gasteiger partial charge >= 0.3 is 5.69 Å². The molecular weight excluding hydrogens is 557 g/mol. The Balaban J connectivity index is 1.80. The Kier molecular flexibility index (Phi) is 8.13. The molecule has 9 nitrogen and oxygen atoms in total. The van der Waals surface area contributed by atoms with Gasteiger partial charge < -0.3 is 20.9 Å². The fourth-order valence-electron chi connectivity index (χ4n) is 6.24. The third kappa shape index (κ3) is 5.07. The number of aromatic nitrogens is 3. The quantitative estimate of drug-likeness (QED) is 0.254. The largest absolute Gasteiger partial charge is 0.398 e. The smallest absolute Gasteiger partial charge is 0.351 e. The Hall–Kier alpha value is -3.76. The minimum Gasteiger partial charge on any atom is -0.398 e. The van der Waals surface area contributed by atoms with Crippen LogP contribution in [0.1, 0.15) is 40.7 Å². The van der Waals surface area contributed by atoms with Crippen molar-refractivity contribution in [2.75, 3.05) is 30.3 Å². The predicted molar refractivity (Wildman–Crippen MR) is 166 cm³/mol. The molecule has 2 aliphatic heterocycles. The third-order valence-electron chi connectivity index (χ3n) is 8.41. The van der Waals surface area contributed by atoms with Crippen molar-refractivity contribution in [3.8, 4) is 11.3 Å². The van der Waals surface area contributed by atoms with Crippen LogP contribution in [-0.4, -0.2) is 63.1 Å². The molecule has 2 aliphatic rings. The lowest BCUT2D eigenvalue weighted by molar-refractivity contribution is -0.128. The normalized spacial score (nSPS) is 22.9. The number of nitrogen functional groups attached to an aromatic ring is 1. The molecule has 42 heavy (non-hydrogen) atoms. The number of halogens is 2. The maximum absolute atomic E-state index is 15.2. The van der Waals surface area contributed by atoms with E-state index in [1.165, 1.54) is 18.2 Å². The van der Waals surface area contributed by atoms with Crippen molar-refractivity contribution in [3.05, 3.63) is 69.9 Å². The Morgan fingerprint density at radius 2 is 1.98 bits per heavy atom. The van der Waals surface area contributed by atoms with Crippen molar-refractivity contribution in [1.82, 2.24) is 24.8 Å². The number of pyridine rings is 1. The van der Waals surface area contributed by atoms with Crippen LogP contribution < -0.4 is 21.6 Å². The van der Waals surface area contributed by atoms with Gasteiger partial charge in [-0.15, -0.1) is 0 Å². The molecule has 1 fully saturated rings. The summed E-state index contributed by atoms with van der Waals surface area (Å²) in [5.41, 5.74) is 7.49. The molecule has 2 aromatic heterocycles. The number of carbonyl (C=O) groups excluding carboxylic acids is 1. The number of nitrogens with one attached hydrogen (secondary N) is 1. The van der Waals surface area contributed by atoms with Gasteiger partial charge in [0.25, 0.3) is 0 Å². The summed E-state index contributed by atoms with van der Waals surface area (Å²) in [6, 6.07) is 5.33. The van der Waals surface area contributed by atoms with Crippen LogP contribution in [0.2, 0.25) is 5.02 Å². The van der Waals surface area contributed by atoms with Crippen molar-refractivity contribution < 1.29 is 9.18 Å². The zero-order chi connectivity index (χ0) is 30.5. The number of hydrogen-bond donors (Lipinski definition) is 2. The van der Waals surface area contributed by atoms with E-state index in [0.29, 0.717) is 36.5 Å². The lowest BCUT2D eigenvalue weighted by Gasteiger charge is -2.44. The molecule has 4 heterocycles. The van der Waals surface area contributed by atoms with Crippen LogP contribution in [0.5, 0.6) is 0 Å². The average molecular weight is 594 g/mol. The number of hydrogen-bond acceptors (Lipinski definition) is 7. The fourth-order valence-corrected chi connectivity index (χ4v) is 6.49. The van der Waals surface area contributed by atoms with E-state index in [1.807, 2.05) is 25.7 Å². The number of benzene rings is 1. The van der Waals surface area contributed by atoms with Crippen molar-refractivity contribution >= 4 is 40.0 Å². The summed E-state index contributed by atoms with van der Waals surface area (Å²) in [6.45, 7) is 15.3. The van der Waals surface area contributed by atoms with Gasteiger partial charge in [-0.3, -0.25) is 9.36 Å². The summed E-state index contributed by atoms with van der Waals surface area (Å²) >= 11 is 6.82. The minimum absolute atomic E-state index is 0.0737. The second-order valence-electron chi connectivity index (χ2n) is 11.6. The topological polar surface area (TPSA) is 109 Å². The number of piperazine rings is 1. The van der Waals surface area contributed by atoms with Crippen molar-refractivity contribution in [1.29, 1.82) is 0 Å². The predicted octanol–water partition coefficient (Wildman–Crippen LogP) is 4.56. The Labute approximate surface area is 249 Å². The molecule has 4 atom stereocenters. The number of fused-ring (bicyclic) bond motifs is 1. The lowest BCUT2D eigenvalue weighted by Crippen LogP contribution is -2.58. The molecule has 222 valence electrons. The molecule has 1 amide bonds. The standard InChI is InChI=1S/C31H37ClFN7O2/c1-7-24(41)38-14-19(6)39(15-18(38)5)29-20-13-21(32)27(25-22(33)9-8-10-23(25)34)36-30(20)40(31(42)37-29)28-17(4)11-12-35-26(28)16(2)3/h7-11,13,16,18-19,26,28,35H,1,12,14-15,34H2,2-6H3/t18-,19+,26?,28?/m1/s1. The Morgan fingerprint density at radius 3 is 2.64 bits per heavy atom. The molecule has 0 saturated carbocycles. The minimum atomic E-state index is -0.562. The van der Waals surface area contributed by atoms with Crippen LogP contribution >= 0.6 is 11.6 Å². The van der Waals surface area contributed by atoms with Crippen LogP contribution in [0.15, 0.2) is 53.4 Å². The molecule has 0 spiro atoms. The van der Waals surface area contributed by atoms with Crippen LogP contribution in [0.3, 0.4) is 0 Å². The Bertz CT molecular complexity index is 1630. The third-order valence-corrected chi connectivity index (χ3v) is 8.70. The van der Waals surface area contributed by atoms with Crippen molar-refractivity contribution in [2.45, 2.75) is 58.8 Å². The summed E-state index contributed by atoms with van der Waals surface area (Å²) in [6.07, 6.45) is 3.37. The highest BCUT2D eigenvalue weighted by Gasteiger charge is 2.36. The zero-order valence-electron chi connectivity index (χ0n) is 24.6. The average Bonchev–Trinajstić information content (AvgIpc) is 2.94. The number of nitrogens with zero attached hydrogens (tertiary/aromatic N) is 5. The number of nitrogens with two attached hydrogens (primary N) is 1. The monoisotopic (exact) mass is 593 g/mol. The van der Waals surface area contributed by atoms with E-state index in [0.717, 1.165) is 5.57 Å². The van der Waals surface area contributed by atoms with Gasteiger partial charge in [-0.1, -0.05) is 49.7 Å². The van der Waals surface area contributed by atoms with Crippen molar-refractivity contribution in [3.63, 3.8) is 0 Å². The molecule has 1 saturated heterocycles. The van der Waals surface area contributed by atoms with Gasteiger partial charge in [0.2, 0.25) is 5.91 Å². The van der Waals surface area contributed by atoms with Gasteiger partial charge in [0, 0.05) is 43.4 Å². The van der Waals surface area contributed by atoms with E-state index in [-0.39, 0.29) is 58.0 Å². The number of anilines is 2. The van der Waals surface area contributed by atoms with E-state index in [2.05, 4.69) is 36.8 Å². The SMILES string of the molecule is C=CC(=O)N1C[C@H](C)N(c2nc(=O)n(C3C(C)=CCNC3C(C)C)c3nc(-c4c(N)cccc4F)c(Cl)cc23)C[C@H]1C. The molecule has 3 aromatic rings. The maximum atomic E-state index is 15.2. The first-order chi connectivity index (χ1) is 19.9. The first-order valence-electron chi connectivity index (χ1n) is 14.2. The number of carbonyl (C=O) groups is 1. The van der Waals surface area contributed by atoms with Gasteiger partial charge in [-0.25, -0.2) is 14.2 Å². The molecule has 0 radical (unpaired) electrons. The highest BCUT2D eigenvalue weighted by Crippen LogP contribution is 2.39. The van der Waals surface area contributed by atoms with Crippen LogP contribution in [-0.2, 0) is 4.79 Å². The summed E-state index contributed by atoms with van der Waals surface area (Å²) in [7, 11) is 0. The van der Waals surface area contributed by atoms with Gasteiger partial charge in [-0.2, -0.15) is 4.98 Å². The number of rotatable bonds is 5. The second-order valence-corrected chi connectivity index (χ2v) is 12.0. The highest BCUT2D eigenvalue weighted by atomic mass is 35.5. The van der Waals surface area contributed by atoms with E-state index in [1.54, 1.807) is 21.6 Å². The first-order valence-corrected chi connectivity index (χ1v) is 14.6. The van der Waals surface area contributed by atoms with E-state index >= 15 is 4.39 Å². The van der Waals surface area contributed by atoms with Gasteiger partial charge in [0.1, 0.15) is 17.3 Å². The van der Waals surface area contributed by atoms with Gasteiger partial charge in [0.15, 0.2) is 0 Å². The summed E-state index contributed by atoms with van der Waals surface area (Å²) < 4.78 is 16.8. The zero-order valence-corrected chi connectivity index (χ0v) is 25.3. The van der Waals surface area contributed by atoms with E-state index in [4.69, 9.17) is 22.3 Å². The maximum Gasteiger partial charge on any atom is 0.351 e. The number of amides is 1. The fraction of sp³-hybridized carbons (Fsp3) is 0.419. The van der Waals surface area contributed by atoms with Crippen molar-refractivity contribution in [2.24, 2.45) is 5.92 Å².